The number of hydrogen-bond acceptors (Lipinski definition) is 4. The van der Waals surface area contributed by atoms with Crippen molar-refractivity contribution in [3.05, 3.63) is 52.3 Å². The Morgan fingerprint density at radius 3 is 2.38 bits per heavy atom. The maximum Gasteiger partial charge on any atom is 0.355 e. The third-order valence-electron chi connectivity index (χ3n) is 6.36. The molecule has 1 fully saturated rings. The summed E-state index contributed by atoms with van der Waals surface area (Å²) in [5.41, 5.74) is 3.83. The van der Waals surface area contributed by atoms with E-state index in [0.717, 1.165) is 48.3 Å². The molecule has 5 heteroatoms. The number of aromatic nitrogens is 1. The maximum absolute atomic E-state index is 12.9. The number of aromatic amines is 1. The van der Waals surface area contributed by atoms with Crippen LogP contribution >= 0.6 is 0 Å². The van der Waals surface area contributed by atoms with E-state index in [2.05, 4.69) is 4.98 Å². The van der Waals surface area contributed by atoms with Crippen molar-refractivity contribution in [3.63, 3.8) is 0 Å². The second-order valence-corrected chi connectivity index (χ2v) is 8.30. The Kier molecular flexibility index (Phi) is 5.74. The molecule has 0 saturated heterocycles. The van der Waals surface area contributed by atoms with Gasteiger partial charge in [-0.05, 0) is 68.2 Å². The van der Waals surface area contributed by atoms with Gasteiger partial charge in [-0.1, -0.05) is 25.0 Å². The van der Waals surface area contributed by atoms with E-state index in [4.69, 9.17) is 9.47 Å². The topological polar surface area (TPSA) is 68.4 Å². The number of fused-ring (bicyclic) bond motifs is 1. The number of benzene rings is 1. The van der Waals surface area contributed by atoms with Crippen LogP contribution in [-0.2, 0) is 11.2 Å². The molecule has 2 aliphatic rings. The molecular weight excluding hydrogens is 366 g/mol. The second-order valence-electron chi connectivity index (χ2n) is 8.30. The van der Waals surface area contributed by atoms with Gasteiger partial charge in [-0.25, -0.2) is 4.79 Å². The number of hydrogen-bond donors (Lipinski definition) is 1. The van der Waals surface area contributed by atoms with Crippen LogP contribution in [0, 0.1) is 6.92 Å². The number of rotatable bonds is 4. The van der Waals surface area contributed by atoms with Crippen molar-refractivity contribution in [1.29, 1.82) is 0 Å². The highest BCUT2D eigenvalue weighted by Crippen LogP contribution is 2.36. The van der Waals surface area contributed by atoms with Gasteiger partial charge in [0.05, 0.1) is 7.11 Å². The van der Waals surface area contributed by atoms with E-state index in [1.165, 1.54) is 12.8 Å². The highest BCUT2D eigenvalue weighted by molar-refractivity contribution is 6.03. The molecule has 0 amide bonds. The Morgan fingerprint density at radius 2 is 1.72 bits per heavy atom. The van der Waals surface area contributed by atoms with Crippen molar-refractivity contribution in [1.82, 2.24) is 4.98 Å². The van der Waals surface area contributed by atoms with Crippen LogP contribution in [0.15, 0.2) is 24.3 Å². The van der Waals surface area contributed by atoms with Gasteiger partial charge in [0.15, 0.2) is 5.78 Å². The van der Waals surface area contributed by atoms with Crippen molar-refractivity contribution in [3.8, 4) is 5.75 Å². The molecule has 1 aromatic carbocycles. The normalized spacial score (nSPS) is 20.1. The lowest BCUT2D eigenvalue weighted by molar-refractivity contribution is 0.0260. The molecule has 4 rings (SSSR count). The number of esters is 1. The zero-order valence-electron chi connectivity index (χ0n) is 17.3. The van der Waals surface area contributed by atoms with Crippen molar-refractivity contribution >= 4 is 11.8 Å². The number of carbonyl (C=O) groups is 2. The van der Waals surface area contributed by atoms with E-state index in [-0.39, 0.29) is 23.8 Å². The average Bonchev–Trinajstić information content (AvgIpc) is 2.89. The van der Waals surface area contributed by atoms with Gasteiger partial charge in [-0.2, -0.15) is 0 Å². The number of ketones is 1. The van der Waals surface area contributed by atoms with Crippen molar-refractivity contribution in [2.24, 2.45) is 0 Å². The first-order valence-corrected chi connectivity index (χ1v) is 10.7. The standard InChI is InChI=1S/C24H29NO4/c1-15-22-20(25-23(15)24(27)29-19-7-5-3-4-6-8-19)13-17(14-21(22)26)16-9-11-18(28-2)12-10-16/h9-12,17,19,25H,3-8,13-14H2,1-2H3/t17-/m1/s1. The molecule has 1 saturated carbocycles. The summed E-state index contributed by atoms with van der Waals surface area (Å²) in [6.07, 6.45) is 7.68. The van der Waals surface area contributed by atoms with Gasteiger partial charge in [-0.3, -0.25) is 4.79 Å². The van der Waals surface area contributed by atoms with Gasteiger partial charge >= 0.3 is 5.97 Å². The molecule has 1 atom stereocenters. The monoisotopic (exact) mass is 395 g/mol. The summed E-state index contributed by atoms with van der Waals surface area (Å²) < 4.78 is 11.0. The minimum absolute atomic E-state index is 0.00697. The van der Waals surface area contributed by atoms with Gasteiger partial charge < -0.3 is 14.5 Å². The van der Waals surface area contributed by atoms with E-state index in [1.807, 2.05) is 31.2 Å². The minimum Gasteiger partial charge on any atom is -0.497 e. The molecule has 154 valence electrons. The van der Waals surface area contributed by atoms with Crippen molar-refractivity contribution < 1.29 is 19.1 Å². The molecule has 0 unspecified atom stereocenters. The van der Waals surface area contributed by atoms with Crippen LogP contribution in [0.4, 0.5) is 0 Å². The third kappa shape index (κ3) is 4.09. The number of H-pyrrole nitrogens is 1. The Balaban J connectivity index is 1.53. The Labute approximate surface area is 171 Å². The molecule has 29 heavy (non-hydrogen) atoms. The summed E-state index contributed by atoms with van der Waals surface area (Å²) in [4.78, 5) is 28.9. The fourth-order valence-electron chi connectivity index (χ4n) is 4.72. The molecule has 0 bridgehead atoms. The fraction of sp³-hybridized carbons (Fsp3) is 0.500. The first kappa shape index (κ1) is 19.7. The highest BCUT2D eigenvalue weighted by Gasteiger charge is 2.32. The van der Waals surface area contributed by atoms with Gasteiger partial charge in [0.2, 0.25) is 0 Å². The van der Waals surface area contributed by atoms with E-state index in [1.54, 1.807) is 7.11 Å². The molecule has 2 aromatic rings. The van der Waals surface area contributed by atoms with Crippen LogP contribution in [0.5, 0.6) is 5.75 Å². The molecule has 5 nitrogen and oxygen atoms in total. The van der Waals surface area contributed by atoms with Crippen LogP contribution in [-0.4, -0.2) is 30.0 Å². The average molecular weight is 395 g/mol. The zero-order chi connectivity index (χ0) is 20.4. The summed E-state index contributed by atoms with van der Waals surface area (Å²) in [6, 6.07) is 7.87. The van der Waals surface area contributed by atoms with Crippen molar-refractivity contribution in [2.75, 3.05) is 7.11 Å². The van der Waals surface area contributed by atoms with Crippen LogP contribution in [0.3, 0.4) is 0 Å². The molecule has 1 heterocycles. The van der Waals surface area contributed by atoms with E-state index in [9.17, 15) is 9.59 Å². The second kappa shape index (κ2) is 8.44. The van der Waals surface area contributed by atoms with Crippen molar-refractivity contribution in [2.45, 2.75) is 70.3 Å². The summed E-state index contributed by atoms with van der Waals surface area (Å²) in [6.45, 7) is 1.85. The van der Waals surface area contributed by atoms with Crippen LogP contribution in [0.1, 0.15) is 88.5 Å². The zero-order valence-corrected chi connectivity index (χ0v) is 17.3. The Hall–Kier alpha value is -2.56. The largest absolute Gasteiger partial charge is 0.497 e. The summed E-state index contributed by atoms with van der Waals surface area (Å²) in [7, 11) is 1.64. The Morgan fingerprint density at radius 1 is 1.03 bits per heavy atom. The molecule has 0 radical (unpaired) electrons. The predicted octanol–water partition coefficient (Wildman–Crippen LogP) is 5.12. The molecule has 0 spiro atoms. The molecule has 0 aliphatic heterocycles. The number of carbonyl (C=O) groups excluding carboxylic acids is 2. The van der Waals surface area contributed by atoms with Crippen LogP contribution < -0.4 is 4.74 Å². The maximum atomic E-state index is 12.9. The van der Waals surface area contributed by atoms with Gasteiger partial charge in [-0.15, -0.1) is 0 Å². The predicted molar refractivity (Wildman–Crippen MR) is 111 cm³/mol. The minimum atomic E-state index is -0.322. The lowest BCUT2D eigenvalue weighted by Crippen LogP contribution is -2.18. The van der Waals surface area contributed by atoms with Gasteiger partial charge in [0.25, 0.3) is 0 Å². The first-order chi connectivity index (χ1) is 14.1. The van der Waals surface area contributed by atoms with Gasteiger partial charge in [0, 0.05) is 17.7 Å². The summed E-state index contributed by atoms with van der Waals surface area (Å²) in [5, 5.41) is 0. The van der Waals surface area contributed by atoms with Crippen LogP contribution in [0.2, 0.25) is 0 Å². The molecular formula is C24H29NO4. The molecule has 2 aliphatic carbocycles. The third-order valence-corrected chi connectivity index (χ3v) is 6.36. The number of ether oxygens (including phenoxy) is 2. The smallest absolute Gasteiger partial charge is 0.355 e. The summed E-state index contributed by atoms with van der Waals surface area (Å²) >= 11 is 0. The number of Topliss-reactive ketones (excluding diaryl/α,β-unsaturated/α-hetero) is 1. The van der Waals surface area contributed by atoms with E-state index in [0.29, 0.717) is 24.1 Å². The molecule has 1 N–H and O–H groups in total. The quantitative estimate of drug-likeness (QED) is 0.576. The number of methoxy groups -OCH3 is 1. The van der Waals surface area contributed by atoms with Gasteiger partial charge in [0.1, 0.15) is 17.5 Å². The summed E-state index contributed by atoms with van der Waals surface area (Å²) in [5.74, 6) is 0.674. The Bertz CT molecular complexity index is 888. The first-order valence-electron chi connectivity index (χ1n) is 10.7. The molecule has 1 aromatic heterocycles. The van der Waals surface area contributed by atoms with E-state index < -0.39 is 0 Å². The highest BCUT2D eigenvalue weighted by atomic mass is 16.5. The lowest BCUT2D eigenvalue weighted by Gasteiger charge is -2.22. The SMILES string of the molecule is COc1ccc([C@H]2CC(=O)c3c([nH]c(C(=O)OC4CCCCCC4)c3C)C2)cc1. The number of nitrogens with one attached hydrogen (secondary N) is 1. The lowest BCUT2D eigenvalue weighted by atomic mass is 9.81. The van der Waals surface area contributed by atoms with Crippen LogP contribution in [0.25, 0.3) is 0 Å². The van der Waals surface area contributed by atoms with E-state index >= 15 is 0 Å². The fourth-order valence-corrected chi connectivity index (χ4v) is 4.72.